The van der Waals surface area contributed by atoms with Gasteiger partial charge in [-0.2, -0.15) is 0 Å². The molecule has 0 bridgehead atoms. The lowest BCUT2D eigenvalue weighted by Gasteiger charge is -2.35. The molecule has 7 nitrogen and oxygen atoms in total. The minimum Gasteiger partial charge on any atom is -0.384 e. The van der Waals surface area contributed by atoms with E-state index < -0.39 is 17.1 Å². The molecule has 8 heteroatoms. The van der Waals surface area contributed by atoms with Gasteiger partial charge in [-0.05, 0) is 48.1 Å². The van der Waals surface area contributed by atoms with Crippen LogP contribution in [-0.4, -0.2) is 59.3 Å². The molecule has 2 saturated heterocycles. The predicted octanol–water partition coefficient (Wildman–Crippen LogP) is 2.69. The maximum Gasteiger partial charge on any atom is 0.241 e. The molecule has 2 aliphatic rings. The molecular formula is C25H28FN3O4. The van der Waals surface area contributed by atoms with E-state index in [0.29, 0.717) is 30.8 Å². The summed E-state index contributed by atoms with van der Waals surface area (Å²) in [6.07, 6.45) is 4.69. The van der Waals surface area contributed by atoms with Crippen LogP contribution in [-0.2, 0) is 31.1 Å². The van der Waals surface area contributed by atoms with Crippen LogP contribution in [0.1, 0.15) is 36.8 Å². The first-order valence-corrected chi connectivity index (χ1v) is 11.2. The summed E-state index contributed by atoms with van der Waals surface area (Å²) in [6, 6.07) is 9.19. The molecule has 3 heterocycles. The number of hydrogen-bond acceptors (Lipinski definition) is 5. The molecule has 2 fully saturated rings. The molecule has 4 rings (SSSR count). The van der Waals surface area contributed by atoms with E-state index in [1.165, 1.54) is 23.1 Å². The molecule has 174 valence electrons. The monoisotopic (exact) mass is 453 g/mol. The summed E-state index contributed by atoms with van der Waals surface area (Å²) in [7, 11) is 1.64. The number of carbonyl (C=O) groups is 3. The van der Waals surface area contributed by atoms with Gasteiger partial charge < -0.3 is 9.64 Å². The number of imide groups is 1. The van der Waals surface area contributed by atoms with Crippen LogP contribution in [0.15, 0.2) is 48.8 Å². The van der Waals surface area contributed by atoms with Gasteiger partial charge >= 0.3 is 0 Å². The maximum atomic E-state index is 14.2. The van der Waals surface area contributed by atoms with Crippen LogP contribution in [0.5, 0.6) is 0 Å². The standard InChI is InChI=1S/C25H28FN3O4/c1-33-17-19-6-4-10-28(15-19)22(30)12-25(20-7-2-8-21(26)11-20)13-23(31)29(24(25)32)16-18-5-3-9-27-14-18/h2-3,5,7-9,11,14,19H,4,6,10,12-13,15-17H2,1H3. The normalized spacial score (nSPS) is 23.3. The fourth-order valence-corrected chi connectivity index (χ4v) is 4.92. The van der Waals surface area contributed by atoms with Crippen molar-refractivity contribution in [1.29, 1.82) is 0 Å². The predicted molar refractivity (Wildman–Crippen MR) is 118 cm³/mol. The van der Waals surface area contributed by atoms with Crippen molar-refractivity contribution in [3.8, 4) is 0 Å². The Kier molecular flexibility index (Phi) is 6.83. The molecule has 33 heavy (non-hydrogen) atoms. The highest BCUT2D eigenvalue weighted by molar-refractivity contribution is 6.10. The minimum atomic E-state index is -1.42. The molecule has 0 radical (unpaired) electrons. The van der Waals surface area contributed by atoms with E-state index in [-0.39, 0.29) is 37.1 Å². The van der Waals surface area contributed by atoms with Gasteiger partial charge in [0, 0.05) is 45.4 Å². The van der Waals surface area contributed by atoms with Crippen molar-refractivity contribution in [2.24, 2.45) is 5.92 Å². The van der Waals surface area contributed by atoms with Crippen molar-refractivity contribution in [2.75, 3.05) is 26.8 Å². The average Bonchev–Trinajstić information content (AvgIpc) is 3.05. The zero-order chi connectivity index (χ0) is 23.4. The highest BCUT2D eigenvalue weighted by Crippen LogP contribution is 2.41. The van der Waals surface area contributed by atoms with E-state index in [4.69, 9.17) is 4.74 Å². The number of hydrogen-bond donors (Lipinski definition) is 0. The third-order valence-corrected chi connectivity index (χ3v) is 6.58. The van der Waals surface area contributed by atoms with E-state index in [1.54, 1.807) is 42.6 Å². The maximum absolute atomic E-state index is 14.2. The van der Waals surface area contributed by atoms with Gasteiger partial charge in [0.15, 0.2) is 0 Å². The first-order valence-electron chi connectivity index (χ1n) is 11.2. The molecule has 0 N–H and O–H groups in total. The van der Waals surface area contributed by atoms with Crippen LogP contribution >= 0.6 is 0 Å². The van der Waals surface area contributed by atoms with Gasteiger partial charge in [0.25, 0.3) is 0 Å². The number of amides is 3. The Hall–Kier alpha value is -3.13. The summed E-state index contributed by atoms with van der Waals surface area (Å²) in [5.41, 5.74) is -0.362. The zero-order valence-electron chi connectivity index (χ0n) is 18.7. The molecule has 2 aliphatic heterocycles. The van der Waals surface area contributed by atoms with Crippen LogP contribution in [0, 0.1) is 11.7 Å². The van der Waals surface area contributed by atoms with Crippen LogP contribution in [0.4, 0.5) is 4.39 Å². The number of ether oxygens (including phenoxy) is 1. The largest absolute Gasteiger partial charge is 0.384 e. The molecule has 2 aromatic rings. The number of nitrogens with zero attached hydrogens (tertiary/aromatic N) is 3. The van der Waals surface area contributed by atoms with E-state index in [2.05, 4.69) is 4.98 Å². The van der Waals surface area contributed by atoms with Gasteiger partial charge in [0.1, 0.15) is 5.82 Å². The Morgan fingerprint density at radius 3 is 2.85 bits per heavy atom. The number of likely N-dealkylation sites (tertiary alicyclic amines) is 2. The number of halogens is 1. The summed E-state index contributed by atoms with van der Waals surface area (Å²) < 4.78 is 19.4. The Bertz CT molecular complexity index is 1030. The first kappa shape index (κ1) is 23.0. The highest BCUT2D eigenvalue weighted by atomic mass is 19.1. The molecule has 2 unspecified atom stereocenters. The van der Waals surface area contributed by atoms with E-state index in [0.717, 1.165) is 12.8 Å². The van der Waals surface area contributed by atoms with E-state index in [1.807, 2.05) is 0 Å². The van der Waals surface area contributed by atoms with Crippen molar-refractivity contribution in [3.63, 3.8) is 0 Å². The highest BCUT2D eigenvalue weighted by Gasteiger charge is 2.54. The zero-order valence-corrected chi connectivity index (χ0v) is 18.7. The van der Waals surface area contributed by atoms with Crippen LogP contribution in [0.2, 0.25) is 0 Å². The number of piperidine rings is 1. The lowest BCUT2D eigenvalue weighted by molar-refractivity contribution is -0.143. The Morgan fingerprint density at radius 1 is 1.27 bits per heavy atom. The second kappa shape index (κ2) is 9.79. The fraction of sp³-hybridized carbons (Fsp3) is 0.440. The number of methoxy groups -OCH3 is 1. The topological polar surface area (TPSA) is 79.8 Å². The Morgan fingerprint density at radius 2 is 2.12 bits per heavy atom. The van der Waals surface area contributed by atoms with Crippen LogP contribution in [0.25, 0.3) is 0 Å². The quantitative estimate of drug-likeness (QED) is 0.603. The van der Waals surface area contributed by atoms with E-state index in [9.17, 15) is 18.8 Å². The number of benzene rings is 1. The van der Waals surface area contributed by atoms with Crippen molar-refractivity contribution in [3.05, 3.63) is 65.7 Å². The molecule has 1 aromatic heterocycles. The van der Waals surface area contributed by atoms with Crippen molar-refractivity contribution >= 4 is 17.7 Å². The summed E-state index contributed by atoms with van der Waals surface area (Å²) >= 11 is 0. The Labute approximate surface area is 192 Å². The number of carbonyl (C=O) groups excluding carboxylic acids is 3. The van der Waals surface area contributed by atoms with Gasteiger partial charge in [-0.25, -0.2) is 4.39 Å². The SMILES string of the molecule is COCC1CCCN(C(=O)CC2(c3cccc(F)c3)CC(=O)N(Cc3cccnc3)C2=O)C1. The van der Waals surface area contributed by atoms with Crippen molar-refractivity contribution < 1.29 is 23.5 Å². The van der Waals surface area contributed by atoms with Gasteiger partial charge in [0.2, 0.25) is 17.7 Å². The molecule has 0 aliphatic carbocycles. The average molecular weight is 454 g/mol. The first-order chi connectivity index (χ1) is 15.9. The third kappa shape index (κ3) is 4.80. The third-order valence-electron chi connectivity index (χ3n) is 6.58. The molecule has 0 saturated carbocycles. The minimum absolute atomic E-state index is 0.0659. The van der Waals surface area contributed by atoms with Gasteiger partial charge in [-0.3, -0.25) is 24.3 Å². The number of aromatic nitrogens is 1. The summed E-state index contributed by atoms with van der Waals surface area (Å²) in [5.74, 6) is -1.33. The second-order valence-electron chi connectivity index (χ2n) is 8.90. The lowest BCUT2D eigenvalue weighted by atomic mass is 9.75. The van der Waals surface area contributed by atoms with Crippen LogP contribution < -0.4 is 0 Å². The van der Waals surface area contributed by atoms with Crippen molar-refractivity contribution in [2.45, 2.75) is 37.6 Å². The van der Waals surface area contributed by atoms with E-state index >= 15 is 0 Å². The summed E-state index contributed by atoms with van der Waals surface area (Å²) in [4.78, 5) is 47.1. The molecule has 2 atom stereocenters. The second-order valence-corrected chi connectivity index (χ2v) is 8.90. The molecular weight excluding hydrogens is 425 g/mol. The van der Waals surface area contributed by atoms with Gasteiger partial charge in [-0.15, -0.1) is 0 Å². The van der Waals surface area contributed by atoms with Gasteiger partial charge in [0.05, 0.1) is 18.6 Å². The van der Waals surface area contributed by atoms with Gasteiger partial charge in [-0.1, -0.05) is 18.2 Å². The van der Waals surface area contributed by atoms with Crippen molar-refractivity contribution in [1.82, 2.24) is 14.8 Å². The molecule has 1 aromatic carbocycles. The molecule has 0 spiro atoms. The number of pyridine rings is 1. The molecule has 3 amide bonds. The van der Waals surface area contributed by atoms with Crippen LogP contribution in [0.3, 0.4) is 0 Å². The lowest BCUT2D eigenvalue weighted by Crippen LogP contribution is -2.46. The Balaban J connectivity index is 1.63. The number of rotatable bonds is 7. The fourth-order valence-electron chi connectivity index (χ4n) is 4.92. The smallest absolute Gasteiger partial charge is 0.241 e. The summed E-state index contributed by atoms with van der Waals surface area (Å²) in [5, 5.41) is 0. The summed E-state index contributed by atoms with van der Waals surface area (Å²) in [6.45, 7) is 1.78.